The fourth-order valence-electron chi connectivity index (χ4n) is 0.753. The molecule has 0 aliphatic carbocycles. The average Bonchev–Trinajstić information content (AvgIpc) is 2.55. The maximum Gasteiger partial charge on any atom is 0.193 e. The topological polar surface area (TPSA) is 26.0 Å². The Balaban J connectivity index is 0.000000561. The van der Waals surface area contributed by atoms with E-state index in [0.717, 1.165) is 18.0 Å². The third-order valence-corrected chi connectivity index (χ3v) is 1.46. The molecule has 0 aromatic carbocycles. The van der Waals surface area contributed by atoms with Crippen molar-refractivity contribution in [3.05, 3.63) is 17.8 Å². The number of aromatic nitrogens is 1. The molecule has 0 unspecified atom stereocenters. The molecule has 0 amide bonds. The highest BCUT2D eigenvalue weighted by Gasteiger charge is 2.04. The molecule has 0 spiro atoms. The summed E-state index contributed by atoms with van der Waals surface area (Å²) >= 11 is 0. The first kappa shape index (κ1) is 11.2. The molecule has 0 aliphatic rings. The van der Waals surface area contributed by atoms with Crippen molar-refractivity contribution in [1.29, 1.82) is 0 Å². The zero-order valence-electron chi connectivity index (χ0n) is 8.72. The van der Waals surface area contributed by atoms with Crippen molar-refractivity contribution in [1.82, 2.24) is 4.98 Å². The van der Waals surface area contributed by atoms with Crippen molar-refractivity contribution < 1.29 is 4.42 Å². The molecule has 0 saturated heterocycles. The minimum Gasteiger partial charge on any atom is -0.449 e. The van der Waals surface area contributed by atoms with Crippen LogP contribution >= 0.6 is 0 Å². The van der Waals surface area contributed by atoms with Crippen LogP contribution in [-0.4, -0.2) is 4.98 Å². The maximum atomic E-state index is 5.16. The SMILES string of the molecule is CC.CCc1nc(C(C)C)co1. The van der Waals surface area contributed by atoms with E-state index < -0.39 is 0 Å². The first-order chi connectivity index (χ1) is 5.74. The normalized spacial score (nSPS) is 9.50. The standard InChI is InChI=1S/C8H13NO.C2H6/c1-4-8-9-7(5-10-8)6(2)3;1-2/h5-6H,4H2,1-3H3;1-2H3. The summed E-state index contributed by atoms with van der Waals surface area (Å²) in [5, 5.41) is 0. The summed E-state index contributed by atoms with van der Waals surface area (Å²) in [5.41, 5.74) is 1.05. The van der Waals surface area contributed by atoms with Gasteiger partial charge in [0.1, 0.15) is 6.26 Å². The summed E-state index contributed by atoms with van der Waals surface area (Å²) in [6.45, 7) is 10.3. The van der Waals surface area contributed by atoms with Crippen LogP contribution in [0.15, 0.2) is 10.7 Å². The molecule has 0 aliphatic heterocycles. The van der Waals surface area contributed by atoms with Gasteiger partial charge in [-0.25, -0.2) is 4.98 Å². The van der Waals surface area contributed by atoms with E-state index >= 15 is 0 Å². The van der Waals surface area contributed by atoms with Gasteiger partial charge in [0.25, 0.3) is 0 Å². The molecule has 0 fully saturated rings. The lowest BCUT2D eigenvalue weighted by Gasteiger charge is -1.93. The van der Waals surface area contributed by atoms with Gasteiger partial charge in [0.05, 0.1) is 5.69 Å². The molecule has 0 N–H and O–H groups in total. The summed E-state index contributed by atoms with van der Waals surface area (Å²) in [6.07, 6.45) is 2.62. The van der Waals surface area contributed by atoms with E-state index in [9.17, 15) is 0 Å². The van der Waals surface area contributed by atoms with Crippen LogP contribution < -0.4 is 0 Å². The maximum absolute atomic E-state index is 5.16. The lowest BCUT2D eigenvalue weighted by Crippen LogP contribution is -1.87. The molecule has 0 atom stereocenters. The highest BCUT2D eigenvalue weighted by atomic mass is 16.3. The summed E-state index contributed by atoms with van der Waals surface area (Å²) in [4.78, 5) is 4.26. The van der Waals surface area contributed by atoms with Crippen molar-refractivity contribution in [2.24, 2.45) is 0 Å². The Bertz CT molecular complexity index is 203. The first-order valence-electron chi connectivity index (χ1n) is 4.68. The van der Waals surface area contributed by atoms with Crippen LogP contribution in [0.3, 0.4) is 0 Å². The van der Waals surface area contributed by atoms with Crippen molar-refractivity contribution in [2.45, 2.75) is 47.0 Å². The van der Waals surface area contributed by atoms with E-state index in [2.05, 4.69) is 18.8 Å². The van der Waals surface area contributed by atoms with Gasteiger partial charge in [-0.1, -0.05) is 34.6 Å². The van der Waals surface area contributed by atoms with E-state index in [1.807, 2.05) is 20.8 Å². The average molecular weight is 169 g/mol. The lowest BCUT2D eigenvalue weighted by molar-refractivity contribution is 0.501. The minimum atomic E-state index is 0.476. The second kappa shape index (κ2) is 5.81. The van der Waals surface area contributed by atoms with Crippen molar-refractivity contribution >= 4 is 0 Å². The van der Waals surface area contributed by atoms with Gasteiger partial charge >= 0.3 is 0 Å². The van der Waals surface area contributed by atoms with E-state index in [1.54, 1.807) is 6.26 Å². The fourth-order valence-corrected chi connectivity index (χ4v) is 0.753. The van der Waals surface area contributed by atoms with Crippen molar-refractivity contribution in [3.8, 4) is 0 Å². The highest BCUT2D eigenvalue weighted by Crippen LogP contribution is 2.12. The van der Waals surface area contributed by atoms with E-state index in [4.69, 9.17) is 4.42 Å². The Kier molecular flexibility index (Phi) is 5.43. The number of rotatable bonds is 2. The van der Waals surface area contributed by atoms with Gasteiger partial charge < -0.3 is 4.42 Å². The molecule has 2 nitrogen and oxygen atoms in total. The zero-order valence-corrected chi connectivity index (χ0v) is 8.72. The number of aryl methyl sites for hydroxylation is 1. The van der Waals surface area contributed by atoms with Crippen LogP contribution in [0.25, 0.3) is 0 Å². The molecule has 70 valence electrons. The first-order valence-corrected chi connectivity index (χ1v) is 4.68. The van der Waals surface area contributed by atoms with Gasteiger partial charge in [-0.2, -0.15) is 0 Å². The fraction of sp³-hybridized carbons (Fsp3) is 0.700. The second-order valence-corrected chi connectivity index (χ2v) is 2.67. The summed E-state index contributed by atoms with van der Waals surface area (Å²) in [7, 11) is 0. The van der Waals surface area contributed by atoms with Crippen LogP contribution in [0.5, 0.6) is 0 Å². The van der Waals surface area contributed by atoms with Gasteiger partial charge in [-0.05, 0) is 5.92 Å². The number of oxazole rings is 1. The Labute approximate surface area is 75.0 Å². The number of hydrogen-bond donors (Lipinski definition) is 0. The van der Waals surface area contributed by atoms with Gasteiger partial charge in [0, 0.05) is 6.42 Å². The van der Waals surface area contributed by atoms with Crippen LogP contribution in [0.2, 0.25) is 0 Å². The van der Waals surface area contributed by atoms with E-state index in [1.165, 1.54) is 0 Å². The molecule has 0 bridgehead atoms. The molecule has 1 heterocycles. The van der Waals surface area contributed by atoms with Gasteiger partial charge in [-0.3, -0.25) is 0 Å². The Morgan fingerprint density at radius 2 is 2.00 bits per heavy atom. The molecule has 0 saturated carbocycles. The Morgan fingerprint density at radius 1 is 1.42 bits per heavy atom. The number of nitrogens with zero attached hydrogens (tertiary/aromatic N) is 1. The van der Waals surface area contributed by atoms with Crippen molar-refractivity contribution in [3.63, 3.8) is 0 Å². The molecule has 0 radical (unpaired) electrons. The van der Waals surface area contributed by atoms with E-state index in [0.29, 0.717) is 5.92 Å². The molecule has 1 aromatic heterocycles. The van der Waals surface area contributed by atoms with Gasteiger partial charge in [0.2, 0.25) is 0 Å². The predicted molar refractivity (Wildman–Crippen MR) is 51.3 cm³/mol. The molecule has 1 rings (SSSR count). The molecular formula is C10H19NO. The van der Waals surface area contributed by atoms with Crippen LogP contribution in [0.4, 0.5) is 0 Å². The van der Waals surface area contributed by atoms with Crippen LogP contribution in [-0.2, 0) is 6.42 Å². The van der Waals surface area contributed by atoms with Crippen LogP contribution in [0.1, 0.15) is 52.1 Å². The predicted octanol–water partition coefficient (Wildman–Crippen LogP) is 3.39. The minimum absolute atomic E-state index is 0.476. The molecule has 2 heteroatoms. The number of hydrogen-bond acceptors (Lipinski definition) is 2. The van der Waals surface area contributed by atoms with Gasteiger partial charge in [-0.15, -0.1) is 0 Å². The quantitative estimate of drug-likeness (QED) is 0.678. The van der Waals surface area contributed by atoms with E-state index in [-0.39, 0.29) is 0 Å². The monoisotopic (exact) mass is 169 g/mol. The Hall–Kier alpha value is -0.790. The molecular weight excluding hydrogens is 150 g/mol. The third-order valence-electron chi connectivity index (χ3n) is 1.46. The summed E-state index contributed by atoms with van der Waals surface area (Å²) in [6, 6.07) is 0. The third kappa shape index (κ3) is 3.07. The second-order valence-electron chi connectivity index (χ2n) is 2.67. The van der Waals surface area contributed by atoms with Crippen molar-refractivity contribution in [2.75, 3.05) is 0 Å². The smallest absolute Gasteiger partial charge is 0.193 e. The molecule has 1 aromatic rings. The zero-order chi connectivity index (χ0) is 9.56. The lowest BCUT2D eigenvalue weighted by atomic mass is 10.2. The molecule has 12 heavy (non-hydrogen) atoms. The van der Waals surface area contributed by atoms with Crippen LogP contribution in [0, 0.1) is 0 Å². The highest BCUT2D eigenvalue weighted by molar-refractivity contribution is 5.01. The summed E-state index contributed by atoms with van der Waals surface area (Å²) < 4.78 is 5.16. The van der Waals surface area contributed by atoms with Gasteiger partial charge in [0.15, 0.2) is 5.89 Å². The Morgan fingerprint density at radius 3 is 2.25 bits per heavy atom. The largest absolute Gasteiger partial charge is 0.449 e. The summed E-state index contributed by atoms with van der Waals surface area (Å²) in [5.74, 6) is 1.31.